The zero-order valence-electron chi connectivity index (χ0n) is 8.66. The second kappa shape index (κ2) is 4.06. The number of amides is 1. The fourth-order valence-electron chi connectivity index (χ4n) is 1.25. The minimum absolute atomic E-state index is 0.111. The molecule has 0 spiro atoms. The Morgan fingerprint density at radius 3 is 2.59 bits per heavy atom. The Labute approximate surface area is 95.6 Å². The summed E-state index contributed by atoms with van der Waals surface area (Å²) < 4.78 is 1.26. The summed E-state index contributed by atoms with van der Waals surface area (Å²) in [4.78, 5) is 11.0. The number of rotatable bonds is 3. The lowest BCUT2D eigenvalue weighted by atomic mass is 10.3. The number of nitrogen functional groups attached to an aromatic ring is 2. The van der Waals surface area contributed by atoms with Gasteiger partial charge in [0.05, 0.1) is 6.20 Å². The van der Waals surface area contributed by atoms with Gasteiger partial charge in [0.25, 0.3) is 5.91 Å². The summed E-state index contributed by atoms with van der Waals surface area (Å²) in [5.41, 5.74) is 13.3. The van der Waals surface area contributed by atoms with Crippen molar-refractivity contribution in [2.45, 2.75) is 0 Å². The van der Waals surface area contributed by atoms with Crippen LogP contribution in [0.4, 0.5) is 11.6 Å². The topological polar surface area (TPSA) is 151 Å². The first-order chi connectivity index (χ1) is 8.13. The van der Waals surface area contributed by atoms with E-state index in [2.05, 4.69) is 20.7 Å². The molecule has 0 atom stereocenters. The van der Waals surface area contributed by atoms with E-state index in [0.29, 0.717) is 11.6 Å². The number of carbonyl (C=O) groups is 1. The monoisotopic (exact) mass is 234 g/mol. The SMILES string of the molecule is NNc1ccc(-n2ncc(C(N)=O)c2N)nn1. The Kier molecular flexibility index (Phi) is 2.58. The van der Waals surface area contributed by atoms with Crippen molar-refractivity contribution in [1.82, 2.24) is 20.0 Å². The summed E-state index contributed by atoms with van der Waals surface area (Å²) in [5, 5.41) is 11.5. The van der Waals surface area contributed by atoms with Gasteiger partial charge in [-0.3, -0.25) is 4.79 Å². The zero-order chi connectivity index (χ0) is 12.4. The Hall–Kier alpha value is -2.68. The maximum absolute atomic E-state index is 11.0. The van der Waals surface area contributed by atoms with E-state index in [9.17, 15) is 4.79 Å². The molecule has 2 heterocycles. The minimum Gasteiger partial charge on any atom is -0.383 e. The molecule has 0 aliphatic heterocycles. The van der Waals surface area contributed by atoms with Crippen molar-refractivity contribution in [3.05, 3.63) is 23.9 Å². The quantitative estimate of drug-likeness (QED) is 0.377. The molecule has 0 unspecified atom stereocenters. The summed E-state index contributed by atoms with van der Waals surface area (Å²) in [6.07, 6.45) is 1.27. The zero-order valence-corrected chi connectivity index (χ0v) is 8.66. The Morgan fingerprint density at radius 1 is 1.35 bits per heavy atom. The van der Waals surface area contributed by atoms with Crippen LogP contribution in [0.1, 0.15) is 10.4 Å². The number of hydrogen-bond donors (Lipinski definition) is 4. The third kappa shape index (κ3) is 1.86. The summed E-state index contributed by atoms with van der Waals surface area (Å²) in [5.74, 6) is 5.37. The third-order valence-electron chi connectivity index (χ3n) is 2.09. The van der Waals surface area contributed by atoms with E-state index in [4.69, 9.17) is 17.3 Å². The number of carbonyl (C=O) groups excluding carboxylic acids is 1. The third-order valence-corrected chi connectivity index (χ3v) is 2.09. The molecule has 0 aliphatic carbocycles. The van der Waals surface area contributed by atoms with Crippen LogP contribution in [0.3, 0.4) is 0 Å². The summed E-state index contributed by atoms with van der Waals surface area (Å²) in [6.45, 7) is 0. The van der Waals surface area contributed by atoms with E-state index in [0.717, 1.165) is 0 Å². The van der Waals surface area contributed by atoms with E-state index in [1.54, 1.807) is 12.1 Å². The first-order valence-corrected chi connectivity index (χ1v) is 4.57. The molecule has 9 nitrogen and oxygen atoms in total. The predicted octanol–water partition coefficient (Wildman–Crippen LogP) is -1.37. The standard InChI is InChI=1S/C8H10N8O/c9-7-4(8(10)17)3-12-16(7)6-2-1-5(13-11)14-15-6/h1-3H,9,11H2,(H2,10,17)(H,13,14). The normalized spacial score (nSPS) is 10.2. The molecule has 0 bridgehead atoms. The van der Waals surface area contributed by atoms with Gasteiger partial charge in [0.15, 0.2) is 11.6 Å². The van der Waals surface area contributed by atoms with Crippen molar-refractivity contribution in [2.75, 3.05) is 11.2 Å². The average molecular weight is 234 g/mol. The molecule has 0 saturated heterocycles. The Morgan fingerprint density at radius 2 is 2.12 bits per heavy atom. The highest BCUT2D eigenvalue weighted by atomic mass is 16.1. The highest BCUT2D eigenvalue weighted by Gasteiger charge is 2.14. The van der Waals surface area contributed by atoms with Crippen LogP contribution in [-0.4, -0.2) is 25.9 Å². The van der Waals surface area contributed by atoms with Crippen LogP contribution < -0.4 is 22.7 Å². The van der Waals surface area contributed by atoms with Crippen LogP contribution in [0.15, 0.2) is 18.3 Å². The molecule has 2 rings (SSSR count). The van der Waals surface area contributed by atoms with Crippen molar-refractivity contribution < 1.29 is 4.79 Å². The highest BCUT2D eigenvalue weighted by Crippen LogP contribution is 2.14. The van der Waals surface area contributed by atoms with Gasteiger partial charge in [-0.1, -0.05) is 0 Å². The van der Waals surface area contributed by atoms with E-state index in [1.807, 2.05) is 0 Å². The molecule has 1 amide bonds. The lowest BCUT2D eigenvalue weighted by Crippen LogP contribution is -2.14. The molecule has 0 fully saturated rings. The number of anilines is 2. The maximum Gasteiger partial charge on any atom is 0.254 e. The second-order valence-corrected chi connectivity index (χ2v) is 3.14. The molecule has 9 heteroatoms. The van der Waals surface area contributed by atoms with Crippen LogP contribution >= 0.6 is 0 Å². The van der Waals surface area contributed by atoms with Crippen LogP contribution in [-0.2, 0) is 0 Å². The summed E-state index contributed by atoms with van der Waals surface area (Å²) >= 11 is 0. The number of aromatic nitrogens is 4. The van der Waals surface area contributed by atoms with E-state index in [-0.39, 0.29) is 11.4 Å². The Bertz CT molecular complexity index is 545. The molecule has 7 N–H and O–H groups in total. The molecule has 2 aromatic heterocycles. The molecule has 88 valence electrons. The molecule has 0 saturated carbocycles. The first-order valence-electron chi connectivity index (χ1n) is 4.57. The van der Waals surface area contributed by atoms with Gasteiger partial charge in [-0.2, -0.15) is 9.78 Å². The van der Waals surface area contributed by atoms with Gasteiger partial charge in [-0.05, 0) is 12.1 Å². The van der Waals surface area contributed by atoms with Crippen LogP contribution in [0.2, 0.25) is 0 Å². The van der Waals surface area contributed by atoms with Crippen LogP contribution in [0, 0.1) is 0 Å². The number of nitrogens with one attached hydrogen (secondary N) is 1. The van der Waals surface area contributed by atoms with Gasteiger partial charge < -0.3 is 16.9 Å². The number of hydrogen-bond acceptors (Lipinski definition) is 7. The largest absolute Gasteiger partial charge is 0.383 e. The molecule has 0 radical (unpaired) electrons. The lowest BCUT2D eigenvalue weighted by molar-refractivity contribution is 0.100. The highest BCUT2D eigenvalue weighted by molar-refractivity contribution is 5.97. The van der Waals surface area contributed by atoms with Crippen molar-refractivity contribution in [1.29, 1.82) is 0 Å². The van der Waals surface area contributed by atoms with Crippen molar-refractivity contribution >= 4 is 17.5 Å². The summed E-state index contributed by atoms with van der Waals surface area (Å²) in [6, 6.07) is 3.18. The second-order valence-electron chi connectivity index (χ2n) is 3.14. The molecule has 0 aromatic carbocycles. The predicted molar refractivity (Wildman–Crippen MR) is 59.9 cm³/mol. The van der Waals surface area contributed by atoms with Gasteiger partial charge in [-0.15, -0.1) is 10.2 Å². The molecule has 0 aliphatic rings. The average Bonchev–Trinajstić information content (AvgIpc) is 2.71. The fourth-order valence-corrected chi connectivity index (χ4v) is 1.25. The number of hydrazine groups is 1. The first kappa shape index (κ1) is 10.8. The van der Waals surface area contributed by atoms with Crippen molar-refractivity contribution in [2.24, 2.45) is 11.6 Å². The molecule has 2 aromatic rings. The van der Waals surface area contributed by atoms with Crippen molar-refractivity contribution in [3.63, 3.8) is 0 Å². The van der Waals surface area contributed by atoms with Gasteiger partial charge in [0, 0.05) is 0 Å². The number of primary amides is 1. The minimum atomic E-state index is -0.651. The smallest absolute Gasteiger partial charge is 0.254 e. The van der Waals surface area contributed by atoms with Gasteiger partial charge in [0.2, 0.25) is 0 Å². The van der Waals surface area contributed by atoms with Crippen LogP contribution in [0.25, 0.3) is 5.82 Å². The number of nitrogens with zero attached hydrogens (tertiary/aromatic N) is 4. The fraction of sp³-hybridized carbons (Fsp3) is 0. The van der Waals surface area contributed by atoms with E-state index in [1.165, 1.54) is 10.9 Å². The molecular weight excluding hydrogens is 224 g/mol. The van der Waals surface area contributed by atoms with Crippen molar-refractivity contribution in [3.8, 4) is 5.82 Å². The van der Waals surface area contributed by atoms with Gasteiger partial charge in [-0.25, -0.2) is 5.84 Å². The number of nitrogens with two attached hydrogens (primary N) is 3. The molecular formula is C8H10N8O. The van der Waals surface area contributed by atoms with Gasteiger partial charge >= 0.3 is 0 Å². The molecule has 17 heavy (non-hydrogen) atoms. The van der Waals surface area contributed by atoms with E-state index < -0.39 is 5.91 Å². The summed E-state index contributed by atoms with van der Waals surface area (Å²) in [7, 11) is 0. The maximum atomic E-state index is 11.0. The lowest BCUT2D eigenvalue weighted by Gasteiger charge is -2.03. The Balaban J connectivity index is 2.42. The van der Waals surface area contributed by atoms with Gasteiger partial charge in [0.1, 0.15) is 11.4 Å². The van der Waals surface area contributed by atoms with Crippen LogP contribution in [0.5, 0.6) is 0 Å². The van der Waals surface area contributed by atoms with E-state index >= 15 is 0 Å².